The highest BCUT2D eigenvalue weighted by Gasteiger charge is 2.19. The van der Waals surface area contributed by atoms with Crippen molar-refractivity contribution >= 4 is 23.3 Å². The number of carbonyl (C=O) groups excluding carboxylic acids is 2. The summed E-state index contributed by atoms with van der Waals surface area (Å²) in [5, 5.41) is 0.929. The highest BCUT2D eigenvalue weighted by molar-refractivity contribution is 6.29. The number of aromatic nitrogens is 1. The first-order valence-electron chi connectivity index (χ1n) is 6.69. The lowest BCUT2D eigenvalue weighted by molar-refractivity contribution is -0.109. The largest absolute Gasteiger partial charge is 0.289 e. The van der Waals surface area contributed by atoms with Crippen LogP contribution in [0.2, 0.25) is 0 Å². The zero-order chi connectivity index (χ0) is 15.5. The number of allylic oxidation sites excluding steroid dienone is 2. The molecular weight excluding hydrogens is 278 g/mol. The zero-order valence-electron chi connectivity index (χ0n) is 11.6. The van der Waals surface area contributed by atoms with Gasteiger partial charge in [-0.3, -0.25) is 19.6 Å². The van der Waals surface area contributed by atoms with E-state index in [4.69, 9.17) is 5.84 Å². The quantitative estimate of drug-likeness (QED) is 0.397. The lowest BCUT2D eigenvalue weighted by Crippen LogP contribution is -2.33. The molecule has 0 bridgehead atoms. The van der Waals surface area contributed by atoms with Crippen molar-refractivity contribution in [1.82, 2.24) is 9.99 Å². The predicted molar refractivity (Wildman–Crippen MR) is 83.1 cm³/mol. The Hall–Kier alpha value is -3.05. The van der Waals surface area contributed by atoms with Crippen molar-refractivity contribution in [3.63, 3.8) is 0 Å². The van der Waals surface area contributed by atoms with Gasteiger partial charge in [0.25, 0.3) is 5.91 Å². The van der Waals surface area contributed by atoms with Crippen LogP contribution in [-0.2, 0) is 4.79 Å². The summed E-state index contributed by atoms with van der Waals surface area (Å²) in [6.07, 6.45) is 7.61. The number of carbonyl (C=O) groups is 2. The first-order chi connectivity index (χ1) is 10.7. The third-order valence-corrected chi connectivity index (χ3v) is 3.36. The Kier molecular flexibility index (Phi) is 3.64. The average Bonchev–Trinajstić information content (AvgIpc) is 2.57. The Labute approximate surface area is 127 Å². The van der Waals surface area contributed by atoms with Gasteiger partial charge in [0, 0.05) is 29.7 Å². The molecule has 1 amide bonds. The second-order valence-corrected chi connectivity index (χ2v) is 4.78. The molecule has 0 saturated carbocycles. The molecular formula is C17H13N3O2. The molecule has 5 nitrogen and oxygen atoms in total. The summed E-state index contributed by atoms with van der Waals surface area (Å²) in [6.45, 7) is 0. The molecule has 0 saturated heterocycles. The SMILES string of the molecule is NN(/C=C1\C(=O)C=Cc2ccccc21)C(=O)c1ccncc1. The van der Waals surface area contributed by atoms with Gasteiger partial charge in [0.05, 0.1) is 0 Å². The van der Waals surface area contributed by atoms with Gasteiger partial charge in [-0.1, -0.05) is 30.3 Å². The first kappa shape index (κ1) is 13.9. The zero-order valence-corrected chi connectivity index (χ0v) is 11.6. The van der Waals surface area contributed by atoms with Crippen LogP contribution in [0.3, 0.4) is 0 Å². The van der Waals surface area contributed by atoms with Crippen molar-refractivity contribution in [3.05, 3.63) is 77.8 Å². The average molecular weight is 291 g/mol. The number of pyridine rings is 1. The molecule has 0 atom stereocenters. The molecule has 2 aromatic rings. The van der Waals surface area contributed by atoms with Crippen molar-refractivity contribution in [2.24, 2.45) is 5.84 Å². The Morgan fingerprint density at radius 2 is 1.82 bits per heavy atom. The second-order valence-electron chi connectivity index (χ2n) is 4.78. The van der Waals surface area contributed by atoms with Gasteiger partial charge in [-0.2, -0.15) is 0 Å². The topological polar surface area (TPSA) is 76.3 Å². The molecule has 1 aliphatic carbocycles. The van der Waals surface area contributed by atoms with Crippen LogP contribution in [0.4, 0.5) is 0 Å². The summed E-state index contributed by atoms with van der Waals surface area (Å²) in [5.41, 5.74) is 2.47. The molecule has 22 heavy (non-hydrogen) atoms. The molecule has 5 heteroatoms. The maximum absolute atomic E-state index is 12.2. The fourth-order valence-electron chi connectivity index (χ4n) is 2.25. The Balaban J connectivity index is 1.96. The number of nitrogens with two attached hydrogens (primary N) is 1. The Morgan fingerprint density at radius 3 is 2.59 bits per heavy atom. The normalized spacial score (nSPS) is 14.8. The highest BCUT2D eigenvalue weighted by Crippen LogP contribution is 2.26. The smallest absolute Gasteiger partial charge is 0.272 e. The van der Waals surface area contributed by atoms with Crippen molar-refractivity contribution in [2.75, 3.05) is 0 Å². The molecule has 0 spiro atoms. The van der Waals surface area contributed by atoms with Crippen molar-refractivity contribution in [3.8, 4) is 0 Å². The van der Waals surface area contributed by atoms with Crippen molar-refractivity contribution in [2.45, 2.75) is 0 Å². The fourth-order valence-corrected chi connectivity index (χ4v) is 2.25. The maximum Gasteiger partial charge on any atom is 0.272 e. The van der Waals surface area contributed by atoms with E-state index < -0.39 is 5.91 Å². The summed E-state index contributed by atoms with van der Waals surface area (Å²) in [5.74, 6) is 5.22. The maximum atomic E-state index is 12.2. The number of nitrogens with zero attached hydrogens (tertiary/aromatic N) is 2. The van der Waals surface area contributed by atoms with E-state index >= 15 is 0 Å². The van der Waals surface area contributed by atoms with Gasteiger partial charge in [0.1, 0.15) is 0 Å². The minimum Gasteiger partial charge on any atom is -0.289 e. The molecule has 3 rings (SSSR count). The van der Waals surface area contributed by atoms with Crippen LogP contribution < -0.4 is 5.84 Å². The summed E-state index contributed by atoms with van der Waals surface area (Å²) in [4.78, 5) is 28.2. The molecule has 0 unspecified atom stereocenters. The lowest BCUT2D eigenvalue weighted by atomic mass is 9.92. The minimum absolute atomic E-state index is 0.184. The second kappa shape index (κ2) is 5.75. The molecule has 1 aromatic carbocycles. The van der Waals surface area contributed by atoms with E-state index in [1.54, 1.807) is 18.2 Å². The Morgan fingerprint density at radius 1 is 1.09 bits per heavy atom. The molecule has 1 aromatic heterocycles. The van der Waals surface area contributed by atoms with E-state index in [-0.39, 0.29) is 5.78 Å². The van der Waals surface area contributed by atoms with E-state index in [9.17, 15) is 9.59 Å². The first-order valence-corrected chi connectivity index (χ1v) is 6.69. The molecule has 1 heterocycles. The summed E-state index contributed by atoms with van der Waals surface area (Å²) >= 11 is 0. The number of hydrogen-bond donors (Lipinski definition) is 1. The number of hydrazine groups is 1. The fraction of sp³-hybridized carbons (Fsp3) is 0. The lowest BCUT2D eigenvalue weighted by Gasteiger charge is -2.17. The van der Waals surface area contributed by atoms with Gasteiger partial charge >= 0.3 is 0 Å². The van der Waals surface area contributed by atoms with E-state index in [2.05, 4.69) is 4.98 Å². The number of benzene rings is 1. The summed E-state index contributed by atoms with van der Waals surface area (Å²) < 4.78 is 0. The van der Waals surface area contributed by atoms with E-state index in [0.717, 1.165) is 16.1 Å². The van der Waals surface area contributed by atoms with Crippen LogP contribution in [-0.4, -0.2) is 21.7 Å². The van der Waals surface area contributed by atoms with Gasteiger partial charge in [-0.25, -0.2) is 5.84 Å². The standard InChI is InChI=1S/C17H13N3O2/c18-20(17(22)13-7-9-19-10-8-13)11-15-14-4-2-1-3-12(14)5-6-16(15)21/h1-11H,18H2/b15-11-. The molecule has 108 valence electrons. The van der Waals surface area contributed by atoms with Crippen LogP contribution in [0.15, 0.2) is 61.1 Å². The van der Waals surface area contributed by atoms with Crippen molar-refractivity contribution < 1.29 is 9.59 Å². The number of fused-ring (bicyclic) bond motifs is 1. The van der Waals surface area contributed by atoms with Crippen LogP contribution >= 0.6 is 0 Å². The third kappa shape index (κ3) is 2.57. The van der Waals surface area contributed by atoms with Crippen LogP contribution in [0.5, 0.6) is 0 Å². The van der Waals surface area contributed by atoms with Crippen molar-refractivity contribution in [1.29, 1.82) is 0 Å². The van der Waals surface area contributed by atoms with Crippen LogP contribution in [0, 0.1) is 0 Å². The Bertz CT molecular complexity index is 795. The molecule has 0 aliphatic heterocycles. The van der Waals surface area contributed by atoms with E-state index in [0.29, 0.717) is 11.1 Å². The van der Waals surface area contributed by atoms with Gasteiger partial charge in [-0.05, 0) is 29.3 Å². The summed E-state index contributed by atoms with van der Waals surface area (Å²) in [6, 6.07) is 10.6. The number of amides is 1. The molecule has 2 N–H and O–H groups in total. The van der Waals surface area contributed by atoms with E-state index in [1.165, 1.54) is 24.7 Å². The van der Waals surface area contributed by atoms with Crippen LogP contribution in [0.25, 0.3) is 11.6 Å². The van der Waals surface area contributed by atoms with E-state index in [1.807, 2.05) is 24.3 Å². The molecule has 1 aliphatic rings. The van der Waals surface area contributed by atoms with Gasteiger partial charge in [0.15, 0.2) is 5.78 Å². The number of rotatable bonds is 2. The third-order valence-electron chi connectivity index (χ3n) is 3.36. The number of ketones is 1. The van der Waals surface area contributed by atoms with Crippen LogP contribution in [0.1, 0.15) is 21.5 Å². The van der Waals surface area contributed by atoms with Gasteiger partial charge < -0.3 is 0 Å². The monoisotopic (exact) mass is 291 g/mol. The molecule has 0 fully saturated rings. The number of hydrogen-bond acceptors (Lipinski definition) is 4. The van der Waals surface area contributed by atoms with Gasteiger partial charge in [0.2, 0.25) is 0 Å². The highest BCUT2D eigenvalue weighted by atomic mass is 16.2. The predicted octanol–water partition coefficient (Wildman–Crippen LogP) is 2.03. The summed E-state index contributed by atoms with van der Waals surface area (Å²) in [7, 11) is 0. The van der Waals surface area contributed by atoms with Gasteiger partial charge in [-0.15, -0.1) is 0 Å². The minimum atomic E-state index is -0.408. The molecule has 0 radical (unpaired) electrons.